The molecule has 2 N–H and O–H groups in total. The number of aryl methyl sites for hydroxylation is 1. The zero-order valence-corrected chi connectivity index (χ0v) is 15.7. The first kappa shape index (κ1) is 17.8. The van der Waals surface area contributed by atoms with Crippen LogP contribution in [0.1, 0.15) is 22.9 Å². The number of amides is 1. The standard InChI is InChI=1S/C19H20ClN5O2/c1-12-14(19(27)25-17(23-12)6-7-22-25)10-18(26)24-9-8-21-11-16(24)13-4-2-3-5-15(13)20/h2-7,16,21-22H,8-11H2,1H3. The van der Waals surface area contributed by atoms with E-state index in [1.807, 2.05) is 24.3 Å². The molecule has 3 heterocycles. The Morgan fingerprint density at radius 3 is 2.96 bits per heavy atom. The van der Waals surface area contributed by atoms with Gasteiger partial charge in [0.1, 0.15) is 0 Å². The molecule has 0 spiro atoms. The average Bonchev–Trinajstić information content (AvgIpc) is 3.14. The van der Waals surface area contributed by atoms with E-state index >= 15 is 0 Å². The Balaban J connectivity index is 1.65. The maximum Gasteiger partial charge on any atom is 0.276 e. The second kappa shape index (κ2) is 7.17. The van der Waals surface area contributed by atoms with Crippen LogP contribution in [0.15, 0.2) is 41.3 Å². The minimum Gasteiger partial charge on any atom is -0.333 e. The van der Waals surface area contributed by atoms with Gasteiger partial charge in [0.25, 0.3) is 5.56 Å². The molecule has 1 aliphatic heterocycles. The molecule has 27 heavy (non-hydrogen) atoms. The Morgan fingerprint density at radius 1 is 1.33 bits per heavy atom. The number of carbonyl (C=O) groups excluding carboxylic acids is 1. The molecular formula is C19H20ClN5O2. The number of hydrogen-bond acceptors (Lipinski definition) is 4. The predicted octanol–water partition coefficient (Wildman–Crippen LogP) is 1.70. The Bertz CT molecular complexity index is 1060. The first-order valence-electron chi connectivity index (χ1n) is 8.86. The van der Waals surface area contributed by atoms with Gasteiger partial charge in [-0.05, 0) is 18.6 Å². The van der Waals surface area contributed by atoms with E-state index in [4.69, 9.17) is 11.6 Å². The average molecular weight is 386 g/mol. The van der Waals surface area contributed by atoms with Gasteiger partial charge in [0.15, 0.2) is 5.65 Å². The monoisotopic (exact) mass is 385 g/mol. The lowest BCUT2D eigenvalue weighted by Gasteiger charge is -2.37. The first-order valence-corrected chi connectivity index (χ1v) is 9.24. The van der Waals surface area contributed by atoms with Gasteiger partial charge in [0, 0.05) is 48.2 Å². The molecule has 8 heteroatoms. The van der Waals surface area contributed by atoms with Crippen molar-refractivity contribution in [3.8, 4) is 0 Å². The zero-order valence-electron chi connectivity index (χ0n) is 14.9. The third-order valence-corrected chi connectivity index (χ3v) is 5.35. The molecule has 4 rings (SSSR count). The number of aromatic amines is 1. The summed E-state index contributed by atoms with van der Waals surface area (Å²) in [5.41, 5.74) is 2.21. The molecule has 7 nitrogen and oxygen atoms in total. The lowest BCUT2D eigenvalue weighted by molar-refractivity contribution is -0.133. The second-order valence-corrected chi connectivity index (χ2v) is 7.05. The number of rotatable bonds is 3. The van der Waals surface area contributed by atoms with Gasteiger partial charge in [-0.2, -0.15) is 0 Å². The molecule has 1 saturated heterocycles. The number of aromatic nitrogens is 3. The number of carbonyl (C=O) groups is 1. The molecule has 0 radical (unpaired) electrons. The maximum absolute atomic E-state index is 13.1. The van der Waals surface area contributed by atoms with Crippen LogP contribution < -0.4 is 10.9 Å². The summed E-state index contributed by atoms with van der Waals surface area (Å²) in [6, 6.07) is 9.11. The van der Waals surface area contributed by atoms with Crippen molar-refractivity contribution < 1.29 is 4.79 Å². The highest BCUT2D eigenvalue weighted by Crippen LogP contribution is 2.29. The van der Waals surface area contributed by atoms with E-state index in [9.17, 15) is 9.59 Å². The summed E-state index contributed by atoms with van der Waals surface area (Å²) in [5.74, 6) is -0.102. The van der Waals surface area contributed by atoms with E-state index in [-0.39, 0.29) is 23.9 Å². The van der Waals surface area contributed by atoms with Crippen LogP contribution in [-0.4, -0.2) is 45.0 Å². The van der Waals surface area contributed by atoms with E-state index in [2.05, 4.69) is 15.4 Å². The fourth-order valence-corrected chi connectivity index (χ4v) is 3.85. The Labute approximate surface area is 160 Å². The molecule has 140 valence electrons. The molecule has 3 aromatic rings. The summed E-state index contributed by atoms with van der Waals surface area (Å²) in [4.78, 5) is 32.1. The van der Waals surface area contributed by atoms with Crippen LogP contribution in [0.2, 0.25) is 5.02 Å². The van der Waals surface area contributed by atoms with Crippen LogP contribution in [0.5, 0.6) is 0 Å². The lowest BCUT2D eigenvalue weighted by atomic mass is 10.0. The molecule has 1 atom stereocenters. The van der Waals surface area contributed by atoms with E-state index in [0.717, 1.165) is 5.56 Å². The third kappa shape index (κ3) is 3.24. The molecule has 1 amide bonds. The van der Waals surface area contributed by atoms with Crippen molar-refractivity contribution in [2.24, 2.45) is 0 Å². The van der Waals surface area contributed by atoms with Gasteiger partial charge in [-0.3, -0.25) is 14.7 Å². The van der Waals surface area contributed by atoms with Gasteiger partial charge in [-0.25, -0.2) is 9.50 Å². The molecule has 1 unspecified atom stereocenters. The van der Waals surface area contributed by atoms with Crippen LogP contribution in [-0.2, 0) is 11.2 Å². The SMILES string of the molecule is Cc1nc2cc[nH]n2c(=O)c1CC(=O)N1CCNCC1c1ccccc1Cl. The predicted molar refractivity (Wildman–Crippen MR) is 103 cm³/mol. The van der Waals surface area contributed by atoms with Gasteiger partial charge in [0.2, 0.25) is 5.91 Å². The molecule has 0 bridgehead atoms. The number of nitrogens with zero attached hydrogens (tertiary/aromatic N) is 3. The van der Waals surface area contributed by atoms with Crippen LogP contribution >= 0.6 is 11.6 Å². The molecule has 0 aliphatic carbocycles. The second-order valence-electron chi connectivity index (χ2n) is 6.64. The highest BCUT2D eigenvalue weighted by atomic mass is 35.5. The highest BCUT2D eigenvalue weighted by Gasteiger charge is 2.30. The van der Waals surface area contributed by atoms with Crippen LogP contribution in [0, 0.1) is 6.92 Å². The van der Waals surface area contributed by atoms with E-state index in [1.165, 1.54) is 4.52 Å². The normalized spacial score (nSPS) is 17.4. The Kier molecular flexibility index (Phi) is 4.72. The molecule has 1 aliphatic rings. The maximum atomic E-state index is 13.1. The van der Waals surface area contributed by atoms with Gasteiger partial charge in [-0.15, -0.1) is 0 Å². The van der Waals surface area contributed by atoms with Gasteiger partial charge in [-0.1, -0.05) is 29.8 Å². The molecule has 2 aromatic heterocycles. The van der Waals surface area contributed by atoms with Crippen LogP contribution in [0.4, 0.5) is 0 Å². The molecule has 1 fully saturated rings. The number of halogens is 1. The number of hydrogen-bond donors (Lipinski definition) is 2. The lowest BCUT2D eigenvalue weighted by Crippen LogP contribution is -2.49. The Hall–Kier alpha value is -2.64. The third-order valence-electron chi connectivity index (χ3n) is 5.00. The number of nitrogens with one attached hydrogen (secondary N) is 2. The van der Waals surface area contributed by atoms with Gasteiger partial charge in [0.05, 0.1) is 12.5 Å². The Morgan fingerprint density at radius 2 is 2.15 bits per heavy atom. The summed E-state index contributed by atoms with van der Waals surface area (Å²) in [6.45, 7) is 3.66. The minimum atomic E-state index is -0.236. The summed E-state index contributed by atoms with van der Waals surface area (Å²) in [7, 11) is 0. The van der Waals surface area contributed by atoms with Gasteiger partial charge >= 0.3 is 0 Å². The number of piperazine rings is 1. The van der Waals surface area contributed by atoms with Crippen molar-refractivity contribution in [2.45, 2.75) is 19.4 Å². The highest BCUT2D eigenvalue weighted by molar-refractivity contribution is 6.31. The topological polar surface area (TPSA) is 82.5 Å². The summed E-state index contributed by atoms with van der Waals surface area (Å²) in [5, 5.41) is 6.79. The minimum absolute atomic E-state index is 0.0145. The quantitative estimate of drug-likeness (QED) is 0.719. The van der Waals surface area contributed by atoms with Crippen LogP contribution in [0.3, 0.4) is 0 Å². The van der Waals surface area contributed by atoms with Crippen molar-refractivity contribution in [3.63, 3.8) is 0 Å². The van der Waals surface area contributed by atoms with Crippen molar-refractivity contribution in [3.05, 3.63) is 68.7 Å². The van der Waals surface area contributed by atoms with Gasteiger partial charge < -0.3 is 10.2 Å². The largest absolute Gasteiger partial charge is 0.333 e. The number of H-pyrrole nitrogens is 1. The zero-order chi connectivity index (χ0) is 19.0. The summed E-state index contributed by atoms with van der Waals surface area (Å²) >= 11 is 6.36. The number of fused-ring (bicyclic) bond motifs is 1. The molecule has 0 saturated carbocycles. The van der Waals surface area contributed by atoms with Crippen molar-refractivity contribution >= 4 is 23.2 Å². The van der Waals surface area contributed by atoms with E-state index in [0.29, 0.717) is 41.6 Å². The molecule has 1 aromatic carbocycles. The first-order chi connectivity index (χ1) is 13.1. The van der Waals surface area contributed by atoms with E-state index in [1.54, 1.807) is 24.1 Å². The number of benzene rings is 1. The summed E-state index contributed by atoms with van der Waals surface area (Å²) in [6.07, 6.45) is 1.67. The van der Waals surface area contributed by atoms with E-state index < -0.39 is 0 Å². The summed E-state index contributed by atoms with van der Waals surface area (Å²) < 4.78 is 1.36. The van der Waals surface area contributed by atoms with Crippen LogP contribution in [0.25, 0.3) is 5.65 Å². The molecular weight excluding hydrogens is 366 g/mol. The van der Waals surface area contributed by atoms with Crippen molar-refractivity contribution in [1.82, 2.24) is 24.8 Å². The fourth-order valence-electron chi connectivity index (χ4n) is 3.59. The van der Waals surface area contributed by atoms with Crippen molar-refractivity contribution in [1.29, 1.82) is 0 Å². The smallest absolute Gasteiger partial charge is 0.276 e. The fraction of sp³-hybridized carbons (Fsp3) is 0.316. The van der Waals surface area contributed by atoms with Crippen molar-refractivity contribution in [2.75, 3.05) is 19.6 Å².